The molecule has 0 aliphatic carbocycles. The average molecular weight is 282 g/mol. The second-order valence-corrected chi connectivity index (χ2v) is 6.30. The van der Waals surface area contributed by atoms with Crippen LogP contribution in [0.1, 0.15) is 50.7 Å². The molecule has 0 amide bonds. The summed E-state index contributed by atoms with van der Waals surface area (Å²) in [6.07, 6.45) is 1.15. The van der Waals surface area contributed by atoms with E-state index in [1.807, 2.05) is 0 Å². The Bertz CT molecular complexity index is 396. The first-order valence-corrected chi connectivity index (χ1v) is 7.79. The maximum absolute atomic E-state index is 4.60. The van der Waals surface area contributed by atoms with Crippen molar-refractivity contribution in [3.8, 4) is 0 Å². The van der Waals surface area contributed by atoms with Crippen molar-refractivity contribution < 1.29 is 0 Å². The molecule has 1 aromatic rings. The first kappa shape index (κ1) is 16.0. The highest BCUT2D eigenvalue weighted by atomic mass is 32.1. The molecule has 0 radical (unpaired) electrons. The van der Waals surface area contributed by atoms with Crippen LogP contribution in [-0.4, -0.2) is 24.5 Å². The molecule has 0 atom stereocenters. The molecule has 0 fully saturated rings. The summed E-state index contributed by atoms with van der Waals surface area (Å²) in [4.78, 5) is 8.81. The summed E-state index contributed by atoms with van der Waals surface area (Å²) in [5, 5.41) is 9.86. The molecule has 0 aromatic carbocycles. The van der Waals surface area contributed by atoms with Crippen molar-refractivity contribution >= 4 is 17.3 Å². The third kappa shape index (κ3) is 6.05. The van der Waals surface area contributed by atoms with Crippen LogP contribution in [0.3, 0.4) is 0 Å². The summed E-state index contributed by atoms with van der Waals surface area (Å²) in [5.74, 6) is 2.05. The monoisotopic (exact) mass is 282 g/mol. The average Bonchev–Trinajstić information content (AvgIpc) is 2.82. The Kier molecular flexibility index (Phi) is 6.84. The molecule has 2 N–H and O–H groups in total. The van der Waals surface area contributed by atoms with E-state index in [0.717, 1.165) is 30.5 Å². The fourth-order valence-corrected chi connectivity index (χ4v) is 2.43. The van der Waals surface area contributed by atoms with Crippen LogP contribution in [0.4, 0.5) is 0 Å². The van der Waals surface area contributed by atoms with Crippen molar-refractivity contribution in [2.45, 2.75) is 46.6 Å². The van der Waals surface area contributed by atoms with Gasteiger partial charge in [0.1, 0.15) is 5.01 Å². The number of nitrogens with one attached hydrogen (secondary N) is 2. The Morgan fingerprint density at radius 3 is 2.58 bits per heavy atom. The zero-order chi connectivity index (χ0) is 14.3. The van der Waals surface area contributed by atoms with Gasteiger partial charge in [0, 0.05) is 19.0 Å². The van der Waals surface area contributed by atoms with E-state index in [1.54, 1.807) is 18.4 Å². The van der Waals surface area contributed by atoms with E-state index in [4.69, 9.17) is 0 Å². The normalized spacial score (nSPS) is 12.3. The van der Waals surface area contributed by atoms with E-state index in [2.05, 4.69) is 53.7 Å². The molecule has 0 saturated carbocycles. The van der Waals surface area contributed by atoms with Gasteiger partial charge in [-0.3, -0.25) is 4.99 Å². The lowest BCUT2D eigenvalue weighted by Crippen LogP contribution is -2.37. The lowest BCUT2D eigenvalue weighted by molar-refractivity contribution is 0.573. The molecule has 0 spiro atoms. The van der Waals surface area contributed by atoms with Crippen LogP contribution in [0.15, 0.2) is 10.4 Å². The van der Waals surface area contributed by atoms with Gasteiger partial charge in [0.15, 0.2) is 5.96 Å². The molecule has 1 aromatic heterocycles. The predicted octanol–water partition coefficient (Wildman–Crippen LogP) is 2.98. The summed E-state index contributed by atoms with van der Waals surface area (Å²) in [6.45, 7) is 10.5. The molecule has 1 rings (SSSR count). The standard InChI is InChI=1S/C14H26N4S/c1-10(2)6-7-16-14(15-5)17-8-13-18-12(9-19-13)11(3)4/h9-11H,6-8H2,1-5H3,(H2,15,16,17). The van der Waals surface area contributed by atoms with Crippen molar-refractivity contribution in [3.05, 3.63) is 16.1 Å². The van der Waals surface area contributed by atoms with E-state index in [9.17, 15) is 0 Å². The molecule has 19 heavy (non-hydrogen) atoms. The first-order chi connectivity index (χ1) is 9.02. The molecule has 108 valence electrons. The van der Waals surface area contributed by atoms with Gasteiger partial charge in [-0.15, -0.1) is 11.3 Å². The number of rotatable bonds is 6. The van der Waals surface area contributed by atoms with E-state index < -0.39 is 0 Å². The van der Waals surface area contributed by atoms with Gasteiger partial charge in [-0.2, -0.15) is 0 Å². The van der Waals surface area contributed by atoms with Gasteiger partial charge in [0.2, 0.25) is 0 Å². The van der Waals surface area contributed by atoms with Crippen molar-refractivity contribution in [1.29, 1.82) is 0 Å². The van der Waals surface area contributed by atoms with E-state index in [0.29, 0.717) is 11.8 Å². The predicted molar refractivity (Wildman–Crippen MR) is 83.9 cm³/mol. The van der Waals surface area contributed by atoms with Crippen LogP contribution in [0, 0.1) is 5.92 Å². The van der Waals surface area contributed by atoms with E-state index >= 15 is 0 Å². The third-order valence-corrected chi connectivity index (χ3v) is 3.67. The quantitative estimate of drug-likeness (QED) is 0.623. The zero-order valence-electron chi connectivity index (χ0n) is 12.7. The molecule has 0 unspecified atom stereocenters. The molecule has 0 saturated heterocycles. The molecule has 5 heteroatoms. The molecule has 0 aliphatic rings. The van der Waals surface area contributed by atoms with Gasteiger partial charge in [-0.05, 0) is 18.3 Å². The molecule has 1 heterocycles. The molecular weight excluding hydrogens is 256 g/mol. The summed E-state index contributed by atoms with van der Waals surface area (Å²) < 4.78 is 0. The Balaban J connectivity index is 2.36. The zero-order valence-corrected chi connectivity index (χ0v) is 13.5. The van der Waals surface area contributed by atoms with Gasteiger partial charge < -0.3 is 10.6 Å². The number of nitrogens with zero attached hydrogens (tertiary/aromatic N) is 2. The molecule has 0 aliphatic heterocycles. The SMILES string of the molecule is CN=C(NCCC(C)C)NCc1nc(C(C)C)cs1. The van der Waals surface area contributed by atoms with Crippen molar-refractivity contribution in [1.82, 2.24) is 15.6 Å². The fraction of sp³-hybridized carbons (Fsp3) is 0.714. The van der Waals surface area contributed by atoms with Crippen molar-refractivity contribution in [2.24, 2.45) is 10.9 Å². The van der Waals surface area contributed by atoms with E-state index in [1.165, 1.54) is 5.69 Å². The largest absolute Gasteiger partial charge is 0.356 e. The second-order valence-electron chi connectivity index (χ2n) is 5.36. The minimum atomic E-state index is 0.494. The highest BCUT2D eigenvalue weighted by Gasteiger charge is 2.06. The van der Waals surface area contributed by atoms with Crippen LogP contribution in [0.2, 0.25) is 0 Å². The Labute approximate surface area is 120 Å². The van der Waals surface area contributed by atoms with Gasteiger partial charge in [0.25, 0.3) is 0 Å². The van der Waals surface area contributed by atoms with Gasteiger partial charge in [-0.25, -0.2) is 4.98 Å². The molecule has 0 bridgehead atoms. The molecular formula is C14H26N4S. The summed E-state index contributed by atoms with van der Waals surface area (Å²) in [6, 6.07) is 0. The third-order valence-electron chi connectivity index (χ3n) is 2.81. The molecule has 4 nitrogen and oxygen atoms in total. The number of aromatic nitrogens is 1. The summed E-state index contributed by atoms with van der Waals surface area (Å²) in [7, 11) is 1.80. The number of hydrogen-bond donors (Lipinski definition) is 2. The van der Waals surface area contributed by atoms with Crippen LogP contribution in [0.5, 0.6) is 0 Å². The highest BCUT2D eigenvalue weighted by molar-refractivity contribution is 7.09. The van der Waals surface area contributed by atoms with Crippen molar-refractivity contribution in [2.75, 3.05) is 13.6 Å². The van der Waals surface area contributed by atoms with Gasteiger partial charge in [0.05, 0.1) is 12.2 Å². The number of guanidine groups is 1. The number of aliphatic imine (C=N–C) groups is 1. The Hall–Kier alpha value is -1.10. The second kappa shape index (κ2) is 8.15. The van der Waals surface area contributed by atoms with Crippen LogP contribution in [0.25, 0.3) is 0 Å². The van der Waals surface area contributed by atoms with E-state index in [-0.39, 0.29) is 0 Å². The minimum absolute atomic E-state index is 0.494. The first-order valence-electron chi connectivity index (χ1n) is 6.91. The van der Waals surface area contributed by atoms with Crippen LogP contribution >= 0.6 is 11.3 Å². The van der Waals surface area contributed by atoms with Gasteiger partial charge >= 0.3 is 0 Å². The van der Waals surface area contributed by atoms with Gasteiger partial charge in [-0.1, -0.05) is 27.7 Å². The lowest BCUT2D eigenvalue weighted by atomic mass is 10.1. The number of thiazole rings is 1. The minimum Gasteiger partial charge on any atom is -0.356 e. The number of hydrogen-bond acceptors (Lipinski definition) is 3. The van der Waals surface area contributed by atoms with Crippen LogP contribution in [-0.2, 0) is 6.54 Å². The highest BCUT2D eigenvalue weighted by Crippen LogP contribution is 2.17. The topological polar surface area (TPSA) is 49.3 Å². The lowest BCUT2D eigenvalue weighted by Gasteiger charge is -2.11. The smallest absolute Gasteiger partial charge is 0.191 e. The maximum Gasteiger partial charge on any atom is 0.191 e. The summed E-state index contributed by atoms with van der Waals surface area (Å²) in [5.41, 5.74) is 1.17. The Morgan fingerprint density at radius 1 is 1.32 bits per heavy atom. The Morgan fingerprint density at radius 2 is 2.05 bits per heavy atom. The van der Waals surface area contributed by atoms with Crippen molar-refractivity contribution in [3.63, 3.8) is 0 Å². The summed E-state index contributed by atoms with van der Waals surface area (Å²) >= 11 is 1.70. The fourth-order valence-electron chi connectivity index (χ4n) is 1.53. The van der Waals surface area contributed by atoms with Crippen LogP contribution < -0.4 is 10.6 Å². The maximum atomic E-state index is 4.60.